The Bertz CT molecular complexity index is 871. The third-order valence-corrected chi connectivity index (χ3v) is 4.06. The highest BCUT2D eigenvalue weighted by Gasteiger charge is 2.17. The van der Waals surface area contributed by atoms with Gasteiger partial charge in [-0.25, -0.2) is 0 Å². The second-order valence-corrected chi connectivity index (χ2v) is 5.31. The number of ether oxygens (including phenoxy) is 4. The summed E-state index contributed by atoms with van der Waals surface area (Å²) in [5.74, 6) is 2.74. The van der Waals surface area contributed by atoms with E-state index in [1.54, 1.807) is 28.4 Å². The van der Waals surface area contributed by atoms with Crippen LogP contribution in [0.3, 0.4) is 0 Å². The van der Waals surface area contributed by atoms with Gasteiger partial charge in [-0.1, -0.05) is 18.2 Å². The Hall–Kier alpha value is -2.88. The van der Waals surface area contributed by atoms with Gasteiger partial charge in [0.25, 0.3) is 0 Å². The van der Waals surface area contributed by atoms with Gasteiger partial charge in [0.05, 0.1) is 28.4 Å². The third kappa shape index (κ3) is 2.71. The molecule has 3 aromatic carbocycles. The van der Waals surface area contributed by atoms with Crippen molar-refractivity contribution in [3.8, 4) is 34.1 Å². The highest BCUT2D eigenvalue weighted by Crippen LogP contribution is 2.44. The predicted octanol–water partition coefficient (Wildman–Crippen LogP) is 4.54. The predicted molar refractivity (Wildman–Crippen MR) is 95.6 cm³/mol. The van der Waals surface area contributed by atoms with Gasteiger partial charge in [0.1, 0.15) is 5.75 Å². The molecule has 0 atom stereocenters. The first-order chi connectivity index (χ1) is 11.7. The summed E-state index contributed by atoms with van der Waals surface area (Å²) in [6.07, 6.45) is 0. The van der Waals surface area contributed by atoms with Gasteiger partial charge in [0.2, 0.25) is 5.75 Å². The Morgan fingerprint density at radius 1 is 0.583 bits per heavy atom. The number of hydrogen-bond donors (Lipinski definition) is 0. The smallest absolute Gasteiger partial charge is 0.203 e. The van der Waals surface area contributed by atoms with E-state index in [9.17, 15) is 0 Å². The van der Waals surface area contributed by atoms with Gasteiger partial charge < -0.3 is 18.9 Å². The summed E-state index contributed by atoms with van der Waals surface area (Å²) < 4.78 is 21.7. The van der Waals surface area contributed by atoms with E-state index in [1.807, 2.05) is 30.3 Å². The van der Waals surface area contributed by atoms with Crippen molar-refractivity contribution >= 4 is 10.8 Å². The first-order valence-electron chi connectivity index (χ1n) is 7.59. The lowest BCUT2D eigenvalue weighted by molar-refractivity contribution is 0.325. The Kier molecular flexibility index (Phi) is 4.47. The zero-order valence-electron chi connectivity index (χ0n) is 14.3. The minimum absolute atomic E-state index is 0.590. The lowest BCUT2D eigenvalue weighted by atomic mass is 9.99. The minimum atomic E-state index is 0.590. The minimum Gasteiger partial charge on any atom is -0.497 e. The van der Waals surface area contributed by atoms with Gasteiger partial charge in [-0.05, 0) is 46.7 Å². The van der Waals surface area contributed by atoms with Crippen LogP contribution < -0.4 is 18.9 Å². The van der Waals surface area contributed by atoms with E-state index in [4.69, 9.17) is 18.9 Å². The summed E-state index contributed by atoms with van der Waals surface area (Å²) in [6, 6.07) is 16.1. The standard InChI is InChI=1S/C20H20O4/c1-21-16-8-7-13-11-15(6-5-14(13)12-16)17-9-10-18(22-2)20(24-4)19(17)23-3/h5-12H,1-4H3. The van der Waals surface area contributed by atoms with E-state index in [-0.39, 0.29) is 0 Å². The van der Waals surface area contributed by atoms with Gasteiger partial charge in [0.15, 0.2) is 11.5 Å². The van der Waals surface area contributed by atoms with Crippen molar-refractivity contribution in [3.05, 3.63) is 48.5 Å². The number of benzene rings is 3. The number of rotatable bonds is 5. The topological polar surface area (TPSA) is 36.9 Å². The third-order valence-electron chi connectivity index (χ3n) is 4.06. The van der Waals surface area contributed by atoms with Crippen LogP contribution in [0.1, 0.15) is 0 Å². The molecule has 0 amide bonds. The molecule has 0 unspecified atom stereocenters. The average Bonchev–Trinajstić information content (AvgIpc) is 2.65. The maximum Gasteiger partial charge on any atom is 0.203 e. The van der Waals surface area contributed by atoms with Crippen LogP contribution in [0.25, 0.3) is 21.9 Å². The Morgan fingerprint density at radius 3 is 1.96 bits per heavy atom. The molecule has 0 aromatic heterocycles. The summed E-state index contributed by atoms with van der Waals surface area (Å²) in [4.78, 5) is 0. The molecule has 0 aliphatic rings. The van der Waals surface area contributed by atoms with Crippen LogP contribution in [0.5, 0.6) is 23.0 Å². The van der Waals surface area contributed by atoms with E-state index < -0.39 is 0 Å². The van der Waals surface area contributed by atoms with Gasteiger partial charge >= 0.3 is 0 Å². The van der Waals surface area contributed by atoms with Crippen LogP contribution in [0.15, 0.2) is 48.5 Å². The van der Waals surface area contributed by atoms with E-state index in [1.165, 1.54) is 0 Å². The Labute approximate surface area is 141 Å². The van der Waals surface area contributed by atoms with Gasteiger partial charge in [-0.15, -0.1) is 0 Å². The van der Waals surface area contributed by atoms with Crippen LogP contribution >= 0.6 is 0 Å². The molecule has 3 aromatic rings. The highest BCUT2D eigenvalue weighted by molar-refractivity contribution is 5.90. The molecule has 0 aliphatic carbocycles. The average molecular weight is 324 g/mol. The highest BCUT2D eigenvalue weighted by atomic mass is 16.5. The maximum atomic E-state index is 5.59. The van der Waals surface area contributed by atoms with E-state index in [0.717, 1.165) is 27.6 Å². The molecule has 0 bridgehead atoms. The van der Waals surface area contributed by atoms with Crippen molar-refractivity contribution < 1.29 is 18.9 Å². The quantitative estimate of drug-likeness (QED) is 0.690. The van der Waals surface area contributed by atoms with Crippen molar-refractivity contribution in [1.82, 2.24) is 0 Å². The molecule has 0 N–H and O–H groups in total. The SMILES string of the molecule is COc1ccc2cc(-c3ccc(OC)c(OC)c3OC)ccc2c1. The zero-order valence-corrected chi connectivity index (χ0v) is 14.3. The van der Waals surface area contributed by atoms with Crippen LogP contribution in [0, 0.1) is 0 Å². The van der Waals surface area contributed by atoms with E-state index >= 15 is 0 Å². The molecule has 124 valence electrons. The van der Waals surface area contributed by atoms with E-state index in [2.05, 4.69) is 18.2 Å². The first kappa shape index (κ1) is 16.0. The molecular formula is C20H20O4. The molecule has 0 spiro atoms. The first-order valence-corrected chi connectivity index (χ1v) is 7.59. The summed E-state index contributed by atoms with van der Waals surface area (Å²) >= 11 is 0. The number of fused-ring (bicyclic) bond motifs is 1. The fourth-order valence-corrected chi connectivity index (χ4v) is 2.85. The summed E-state index contributed by atoms with van der Waals surface area (Å²) in [5.41, 5.74) is 2.00. The molecule has 3 rings (SSSR count). The second-order valence-electron chi connectivity index (χ2n) is 5.31. The Balaban J connectivity index is 2.16. The van der Waals surface area contributed by atoms with Crippen molar-refractivity contribution in [1.29, 1.82) is 0 Å². The van der Waals surface area contributed by atoms with Crippen molar-refractivity contribution in [2.24, 2.45) is 0 Å². The fraction of sp³-hybridized carbons (Fsp3) is 0.200. The summed E-state index contributed by atoms with van der Waals surface area (Å²) in [6.45, 7) is 0. The summed E-state index contributed by atoms with van der Waals surface area (Å²) in [7, 11) is 6.52. The molecule has 24 heavy (non-hydrogen) atoms. The lowest BCUT2D eigenvalue weighted by Gasteiger charge is -2.16. The van der Waals surface area contributed by atoms with Gasteiger partial charge in [-0.3, -0.25) is 0 Å². The largest absolute Gasteiger partial charge is 0.497 e. The van der Waals surface area contributed by atoms with Crippen LogP contribution in [-0.4, -0.2) is 28.4 Å². The molecule has 0 saturated carbocycles. The van der Waals surface area contributed by atoms with Crippen LogP contribution in [0.2, 0.25) is 0 Å². The van der Waals surface area contributed by atoms with Crippen molar-refractivity contribution in [2.75, 3.05) is 28.4 Å². The lowest BCUT2D eigenvalue weighted by Crippen LogP contribution is -1.96. The Morgan fingerprint density at radius 2 is 1.29 bits per heavy atom. The molecule has 0 heterocycles. The monoisotopic (exact) mass is 324 g/mol. The molecule has 0 saturated heterocycles. The summed E-state index contributed by atoms with van der Waals surface area (Å²) in [5, 5.41) is 2.25. The molecule has 4 nitrogen and oxygen atoms in total. The van der Waals surface area contributed by atoms with E-state index in [0.29, 0.717) is 17.2 Å². The fourth-order valence-electron chi connectivity index (χ4n) is 2.85. The second kappa shape index (κ2) is 6.71. The molecular weight excluding hydrogens is 304 g/mol. The molecule has 0 fully saturated rings. The molecule has 0 aliphatic heterocycles. The zero-order chi connectivity index (χ0) is 17.1. The van der Waals surface area contributed by atoms with Crippen molar-refractivity contribution in [3.63, 3.8) is 0 Å². The normalized spacial score (nSPS) is 10.5. The molecule has 0 radical (unpaired) electrons. The number of hydrogen-bond acceptors (Lipinski definition) is 4. The number of methoxy groups -OCH3 is 4. The van der Waals surface area contributed by atoms with Crippen LogP contribution in [-0.2, 0) is 0 Å². The van der Waals surface area contributed by atoms with Gasteiger partial charge in [-0.2, -0.15) is 0 Å². The van der Waals surface area contributed by atoms with Crippen molar-refractivity contribution in [2.45, 2.75) is 0 Å². The maximum absolute atomic E-state index is 5.59. The molecule has 4 heteroatoms. The van der Waals surface area contributed by atoms with Gasteiger partial charge in [0, 0.05) is 5.56 Å². The van der Waals surface area contributed by atoms with Crippen LogP contribution in [0.4, 0.5) is 0 Å².